The number of amides is 1. The molecule has 0 saturated carbocycles. The average molecular weight is 321 g/mol. The van der Waals surface area contributed by atoms with Gasteiger partial charge in [-0.3, -0.25) is 4.79 Å². The molecule has 1 aliphatic rings. The molecule has 1 fully saturated rings. The van der Waals surface area contributed by atoms with Crippen LogP contribution in [-0.2, 0) is 0 Å². The van der Waals surface area contributed by atoms with Crippen LogP contribution in [-0.4, -0.2) is 36.5 Å². The van der Waals surface area contributed by atoms with E-state index in [4.69, 9.17) is 16.0 Å². The minimum absolute atomic E-state index is 0.0135. The summed E-state index contributed by atoms with van der Waals surface area (Å²) in [5, 5.41) is 4.89. The van der Waals surface area contributed by atoms with Gasteiger partial charge in [-0.05, 0) is 44.5 Å². The second-order valence-electron chi connectivity index (χ2n) is 5.84. The Labute approximate surface area is 135 Å². The maximum absolute atomic E-state index is 13.0. The fraction of sp³-hybridized carbons (Fsp3) is 0.471. The van der Waals surface area contributed by atoms with Crippen LogP contribution >= 0.6 is 11.6 Å². The molecule has 1 amide bonds. The topological polar surface area (TPSA) is 45.5 Å². The molecule has 0 radical (unpaired) electrons. The summed E-state index contributed by atoms with van der Waals surface area (Å²) >= 11 is 6.05. The molecule has 0 bridgehead atoms. The summed E-state index contributed by atoms with van der Waals surface area (Å²) in [6.45, 7) is 6.59. The van der Waals surface area contributed by atoms with E-state index in [0.29, 0.717) is 16.4 Å². The zero-order valence-electron chi connectivity index (χ0n) is 13.0. The van der Waals surface area contributed by atoms with Crippen LogP contribution in [0.5, 0.6) is 0 Å². The van der Waals surface area contributed by atoms with E-state index in [1.807, 2.05) is 24.0 Å². The highest BCUT2D eigenvalue weighted by Crippen LogP contribution is 2.29. The predicted octanol–water partition coefficient (Wildman–Crippen LogP) is 3.61. The van der Waals surface area contributed by atoms with Gasteiger partial charge in [0.2, 0.25) is 0 Å². The first-order chi connectivity index (χ1) is 10.6. The number of rotatable bonds is 4. The van der Waals surface area contributed by atoms with Crippen molar-refractivity contribution in [2.24, 2.45) is 0 Å². The van der Waals surface area contributed by atoms with Gasteiger partial charge in [-0.25, -0.2) is 0 Å². The molecular weight excluding hydrogens is 300 g/mol. The zero-order chi connectivity index (χ0) is 15.7. The number of nitrogens with one attached hydrogen (secondary N) is 1. The van der Waals surface area contributed by atoms with E-state index >= 15 is 0 Å². The Morgan fingerprint density at radius 1 is 1.50 bits per heavy atom. The normalized spacial score (nSPS) is 18.0. The number of benzene rings is 1. The molecule has 4 nitrogen and oxygen atoms in total. The molecule has 1 aromatic heterocycles. The molecule has 1 N–H and O–H groups in total. The lowest BCUT2D eigenvalue weighted by atomic mass is 10.1. The summed E-state index contributed by atoms with van der Waals surface area (Å²) in [5.41, 5.74) is 1.58. The van der Waals surface area contributed by atoms with Gasteiger partial charge >= 0.3 is 0 Å². The lowest BCUT2D eigenvalue weighted by Crippen LogP contribution is -2.42. The highest BCUT2D eigenvalue weighted by atomic mass is 35.5. The Morgan fingerprint density at radius 2 is 2.32 bits per heavy atom. The van der Waals surface area contributed by atoms with Gasteiger partial charge in [0.1, 0.15) is 5.58 Å². The molecule has 1 aromatic carbocycles. The van der Waals surface area contributed by atoms with Crippen LogP contribution in [0.3, 0.4) is 0 Å². The number of hydrogen-bond acceptors (Lipinski definition) is 3. The van der Waals surface area contributed by atoms with Crippen LogP contribution in [0.1, 0.15) is 35.9 Å². The fourth-order valence-electron chi connectivity index (χ4n) is 3.12. The molecule has 118 valence electrons. The van der Waals surface area contributed by atoms with Crippen LogP contribution in [0.2, 0.25) is 5.02 Å². The third-order valence-electron chi connectivity index (χ3n) is 4.29. The van der Waals surface area contributed by atoms with E-state index in [9.17, 15) is 4.79 Å². The van der Waals surface area contributed by atoms with Crippen molar-refractivity contribution in [1.82, 2.24) is 10.2 Å². The highest BCUT2D eigenvalue weighted by Gasteiger charge is 2.30. The molecule has 1 atom stereocenters. The second kappa shape index (κ2) is 6.31. The molecule has 2 heterocycles. The Morgan fingerprint density at radius 3 is 3.00 bits per heavy atom. The first kappa shape index (κ1) is 15.4. The minimum Gasteiger partial charge on any atom is -0.451 e. The van der Waals surface area contributed by atoms with E-state index in [1.54, 1.807) is 6.07 Å². The zero-order valence-corrected chi connectivity index (χ0v) is 13.7. The smallest absolute Gasteiger partial charge is 0.290 e. The lowest BCUT2D eigenvalue weighted by molar-refractivity contribution is 0.0661. The SMILES string of the molecule is CCCN(C(=O)c1oc2ccc(Cl)cc2c1C)C1CCNC1. The molecule has 1 saturated heterocycles. The Kier molecular flexibility index (Phi) is 4.41. The van der Waals surface area contributed by atoms with Crippen molar-refractivity contribution in [3.63, 3.8) is 0 Å². The second-order valence-corrected chi connectivity index (χ2v) is 6.28. The van der Waals surface area contributed by atoms with E-state index in [-0.39, 0.29) is 11.9 Å². The average Bonchev–Trinajstić information content (AvgIpc) is 3.13. The molecule has 1 unspecified atom stereocenters. The summed E-state index contributed by atoms with van der Waals surface area (Å²) < 4.78 is 5.83. The molecule has 0 aliphatic carbocycles. The number of carbonyl (C=O) groups is 1. The first-order valence-corrected chi connectivity index (χ1v) is 8.20. The van der Waals surface area contributed by atoms with Crippen molar-refractivity contribution in [1.29, 1.82) is 0 Å². The van der Waals surface area contributed by atoms with E-state index < -0.39 is 0 Å². The molecular formula is C17H21ClN2O2. The van der Waals surface area contributed by atoms with Crippen molar-refractivity contribution in [3.05, 3.63) is 34.5 Å². The number of hydrogen-bond donors (Lipinski definition) is 1. The third-order valence-corrected chi connectivity index (χ3v) is 4.53. The molecule has 0 spiro atoms. The number of fused-ring (bicyclic) bond motifs is 1. The van der Waals surface area contributed by atoms with Crippen LogP contribution in [0.25, 0.3) is 11.0 Å². The van der Waals surface area contributed by atoms with Crippen molar-refractivity contribution in [2.45, 2.75) is 32.7 Å². The van der Waals surface area contributed by atoms with Gasteiger partial charge in [0.15, 0.2) is 5.76 Å². The van der Waals surface area contributed by atoms with Crippen molar-refractivity contribution in [2.75, 3.05) is 19.6 Å². The maximum atomic E-state index is 13.0. The largest absolute Gasteiger partial charge is 0.451 e. The van der Waals surface area contributed by atoms with Gasteiger partial charge in [0.25, 0.3) is 5.91 Å². The molecule has 5 heteroatoms. The maximum Gasteiger partial charge on any atom is 0.290 e. The van der Waals surface area contributed by atoms with Crippen LogP contribution < -0.4 is 5.32 Å². The van der Waals surface area contributed by atoms with Crippen molar-refractivity contribution in [3.8, 4) is 0 Å². The summed E-state index contributed by atoms with van der Waals surface area (Å²) in [6.07, 6.45) is 1.93. The molecule has 22 heavy (non-hydrogen) atoms. The number of carbonyl (C=O) groups excluding carboxylic acids is 1. The van der Waals surface area contributed by atoms with Crippen LogP contribution in [0.15, 0.2) is 22.6 Å². The van der Waals surface area contributed by atoms with Gasteiger partial charge in [-0.15, -0.1) is 0 Å². The quantitative estimate of drug-likeness (QED) is 0.936. The van der Waals surface area contributed by atoms with Crippen molar-refractivity contribution < 1.29 is 9.21 Å². The van der Waals surface area contributed by atoms with Gasteiger partial charge in [-0.1, -0.05) is 18.5 Å². The van der Waals surface area contributed by atoms with Gasteiger partial charge < -0.3 is 14.6 Å². The number of furan rings is 1. The summed E-state index contributed by atoms with van der Waals surface area (Å²) in [4.78, 5) is 14.9. The number of halogens is 1. The lowest BCUT2D eigenvalue weighted by Gasteiger charge is -2.27. The Balaban J connectivity index is 1.97. The van der Waals surface area contributed by atoms with Crippen molar-refractivity contribution >= 4 is 28.5 Å². The monoisotopic (exact) mass is 320 g/mol. The van der Waals surface area contributed by atoms with Gasteiger partial charge in [0.05, 0.1) is 0 Å². The van der Waals surface area contributed by atoms with Crippen LogP contribution in [0.4, 0.5) is 0 Å². The molecule has 3 rings (SSSR count). The number of nitrogens with zero attached hydrogens (tertiary/aromatic N) is 1. The standard InChI is InChI=1S/C17H21ClN2O2/c1-3-8-20(13-6-7-19-10-13)17(21)16-11(2)14-9-12(18)4-5-15(14)22-16/h4-5,9,13,19H,3,6-8,10H2,1-2H3. The van der Waals surface area contributed by atoms with Gasteiger partial charge in [0, 0.05) is 35.1 Å². The first-order valence-electron chi connectivity index (χ1n) is 7.82. The fourth-order valence-corrected chi connectivity index (χ4v) is 3.30. The Bertz CT molecular complexity index is 689. The van der Waals surface area contributed by atoms with E-state index in [2.05, 4.69) is 12.2 Å². The Hall–Kier alpha value is -1.52. The summed E-state index contributed by atoms with van der Waals surface area (Å²) in [6, 6.07) is 5.71. The molecule has 2 aromatic rings. The highest BCUT2D eigenvalue weighted by molar-refractivity contribution is 6.31. The minimum atomic E-state index is -0.0135. The van der Waals surface area contributed by atoms with Gasteiger partial charge in [-0.2, -0.15) is 0 Å². The summed E-state index contributed by atoms with van der Waals surface area (Å²) in [7, 11) is 0. The molecule has 1 aliphatic heterocycles. The van der Waals surface area contributed by atoms with E-state index in [0.717, 1.165) is 43.4 Å². The van der Waals surface area contributed by atoms with E-state index in [1.165, 1.54) is 0 Å². The summed E-state index contributed by atoms with van der Waals surface area (Å²) in [5.74, 6) is 0.429. The predicted molar refractivity (Wildman–Crippen MR) is 88.6 cm³/mol. The van der Waals surface area contributed by atoms with Crippen LogP contribution in [0, 0.1) is 6.92 Å². The third kappa shape index (κ3) is 2.73. The number of aryl methyl sites for hydroxylation is 1.